The van der Waals surface area contributed by atoms with E-state index in [0.29, 0.717) is 25.0 Å². The third kappa shape index (κ3) is 5.40. The summed E-state index contributed by atoms with van der Waals surface area (Å²) in [4.78, 5) is 19.5. The van der Waals surface area contributed by atoms with Crippen molar-refractivity contribution in [1.29, 1.82) is 0 Å². The lowest BCUT2D eigenvalue weighted by atomic mass is 9.78. The van der Waals surface area contributed by atoms with Gasteiger partial charge >= 0.3 is 0 Å². The Kier molecular flexibility index (Phi) is 6.96. The Bertz CT molecular complexity index is 942. The second kappa shape index (κ2) is 10.3. The Morgan fingerprint density at radius 2 is 1.79 bits per heavy atom. The average molecular weight is 449 g/mol. The molecular weight excluding hydrogens is 412 g/mol. The predicted octanol–water partition coefficient (Wildman–Crippen LogP) is 5.77. The number of piperidine rings is 1. The lowest BCUT2D eigenvalue weighted by Crippen LogP contribution is -2.34. The molecule has 1 aromatic heterocycles. The summed E-state index contributed by atoms with van der Waals surface area (Å²) in [6.45, 7) is 5.86. The van der Waals surface area contributed by atoms with E-state index in [-0.39, 0.29) is 5.78 Å². The number of ketones is 1. The van der Waals surface area contributed by atoms with Crippen LogP contribution in [-0.4, -0.2) is 42.1 Å². The van der Waals surface area contributed by atoms with Gasteiger partial charge in [-0.2, -0.15) is 0 Å². The number of carbonyl (C=O) groups is 1. The number of benzene rings is 1. The quantitative estimate of drug-likeness (QED) is 0.504. The summed E-state index contributed by atoms with van der Waals surface area (Å²) in [5.41, 5.74) is 3.06. The first-order chi connectivity index (χ1) is 16.2. The molecule has 0 amide bonds. The smallest absolute Gasteiger partial charge is 0.231 e. The van der Waals surface area contributed by atoms with Crippen LogP contribution in [0.5, 0.6) is 11.5 Å². The van der Waals surface area contributed by atoms with E-state index in [9.17, 15) is 4.79 Å². The Morgan fingerprint density at radius 1 is 1.00 bits per heavy atom. The highest BCUT2D eigenvalue weighted by atomic mass is 16.7. The van der Waals surface area contributed by atoms with Crippen molar-refractivity contribution in [3.63, 3.8) is 0 Å². The SMILES string of the molecule is Cc1ccc(C(=O)CC2CCC(CCN3CCC(c4cccc5c4OCO5)CC3)CC2)cn1. The first kappa shape index (κ1) is 22.4. The van der Waals surface area contributed by atoms with E-state index in [1.165, 1.54) is 70.1 Å². The number of hydrogen-bond acceptors (Lipinski definition) is 5. The number of hydrogen-bond donors (Lipinski definition) is 0. The minimum absolute atomic E-state index is 0.259. The summed E-state index contributed by atoms with van der Waals surface area (Å²) >= 11 is 0. The van der Waals surface area contributed by atoms with Gasteiger partial charge in [0.1, 0.15) is 0 Å². The van der Waals surface area contributed by atoms with Crippen LogP contribution in [-0.2, 0) is 0 Å². The van der Waals surface area contributed by atoms with Gasteiger partial charge in [0, 0.05) is 29.4 Å². The van der Waals surface area contributed by atoms with E-state index in [0.717, 1.165) is 28.7 Å². The van der Waals surface area contributed by atoms with Crippen molar-refractivity contribution in [3.8, 4) is 11.5 Å². The average Bonchev–Trinajstić information content (AvgIpc) is 3.34. The van der Waals surface area contributed by atoms with Crippen molar-refractivity contribution >= 4 is 5.78 Å². The highest BCUT2D eigenvalue weighted by Gasteiger charge is 2.28. The van der Waals surface area contributed by atoms with Gasteiger partial charge in [-0.3, -0.25) is 9.78 Å². The fraction of sp³-hybridized carbons (Fsp3) is 0.571. The molecule has 1 saturated heterocycles. The van der Waals surface area contributed by atoms with Crippen LogP contribution < -0.4 is 9.47 Å². The zero-order valence-corrected chi connectivity index (χ0v) is 19.8. The molecule has 5 rings (SSSR count). The number of aromatic nitrogens is 1. The van der Waals surface area contributed by atoms with Gasteiger partial charge in [-0.05, 0) is 94.6 Å². The maximum atomic E-state index is 12.6. The summed E-state index contributed by atoms with van der Waals surface area (Å²) in [6.07, 6.45) is 11.0. The molecular formula is C28H36N2O3. The minimum atomic E-state index is 0.259. The Hall–Kier alpha value is -2.40. The molecule has 0 bridgehead atoms. The van der Waals surface area contributed by atoms with Crippen molar-refractivity contribution in [2.24, 2.45) is 11.8 Å². The van der Waals surface area contributed by atoms with Crippen molar-refractivity contribution in [3.05, 3.63) is 53.3 Å². The lowest BCUT2D eigenvalue weighted by Gasteiger charge is -2.34. The molecule has 5 nitrogen and oxygen atoms in total. The van der Waals surface area contributed by atoms with Crippen molar-refractivity contribution in [2.75, 3.05) is 26.4 Å². The molecule has 2 fully saturated rings. The summed E-state index contributed by atoms with van der Waals surface area (Å²) in [5.74, 6) is 4.08. The second-order valence-electron chi connectivity index (χ2n) is 10.2. The van der Waals surface area contributed by atoms with Crippen LogP contribution in [0.2, 0.25) is 0 Å². The van der Waals surface area contributed by atoms with E-state index in [1.54, 1.807) is 6.20 Å². The van der Waals surface area contributed by atoms with Crippen molar-refractivity contribution in [2.45, 2.75) is 64.2 Å². The summed E-state index contributed by atoms with van der Waals surface area (Å²) in [7, 11) is 0. The molecule has 1 saturated carbocycles. The zero-order valence-electron chi connectivity index (χ0n) is 19.8. The fourth-order valence-electron chi connectivity index (χ4n) is 5.84. The highest BCUT2D eigenvalue weighted by Crippen LogP contribution is 2.42. The number of carbonyl (C=O) groups excluding carboxylic acids is 1. The van der Waals surface area contributed by atoms with Gasteiger partial charge in [0.15, 0.2) is 17.3 Å². The highest BCUT2D eigenvalue weighted by molar-refractivity contribution is 5.95. The van der Waals surface area contributed by atoms with E-state index in [4.69, 9.17) is 9.47 Å². The fourth-order valence-corrected chi connectivity index (χ4v) is 5.84. The molecule has 5 heteroatoms. The van der Waals surface area contributed by atoms with Crippen LogP contribution in [0.1, 0.15) is 78.9 Å². The van der Waals surface area contributed by atoms with Gasteiger partial charge in [-0.25, -0.2) is 0 Å². The lowest BCUT2D eigenvalue weighted by molar-refractivity contribution is 0.0939. The number of nitrogens with zero attached hydrogens (tertiary/aromatic N) is 2. The number of Topliss-reactive ketones (excluding diaryl/α,β-unsaturated/α-hetero) is 1. The minimum Gasteiger partial charge on any atom is -0.454 e. The zero-order chi connectivity index (χ0) is 22.6. The largest absolute Gasteiger partial charge is 0.454 e. The van der Waals surface area contributed by atoms with Gasteiger partial charge in [0.2, 0.25) is 6.79 Å². The third-order valence-electron chi connectivity index (χ3n) is 7.98. The van der Waals surface area contributed by atoms with Gasteiger partial charge in [-0.15, -0.1) is 0 Å². The van der Waals surface area contributed by atoms with Crippen LogP contribution in [0.15, 0.2) is 36.5 Å². The molecule has 1 aliphatic carbocycles. The van der Waals surface area contributed by atoms with E-state index < -0.39 is 0 Å². The Labute approximate surface area is 197 Å². The predicted molar refractivity (Wildman–Crippen MR) is 129 cm³/mol. The van der Waals surface area contributed by atoms with Gasteiger partial charge < -0.3 is 14.4 Å². The van der Waals surface area contributed by atoms with E-state index >= 15 is 0 Å². The number of ether oxygens (including phenoxy) is 2. The molecule has 1 aromatic carbocycles. The molecule has 3 aliphatic rings. The maximum absolute atomic E-state index is 12.6. The van der Waals surface area contributed by atoms with Gasteiger partial charge in [0.05, 0.1) is 0 Å². The number of likely N-dealkylation sites (tertiary alicyclic amines) is 1. The summed E-state index contributed by atoms with van der Waals surface area (Å²) < 4.78 is 11.3. The number of fused-ring (bicyclic) bond motifs is 1. The number of pyridine rings is 1. The molecule has 2 aromatic rings. The van der Waals surface area contributed by atoms with Crippen LogP contribution in [0.4, 0.5) is 0 Å². The molecule has 3 heterocycles. The van der Waals surface area contributed by atoms with Crippen molar-refractivity contribution in [1.82, 2.24) is 9.88 Å². The molecule has 0 atom stereocenters. The topological polar surface area (TPSA) is 51.7 Å². The summed E-state index contributed by atoms with van der Waals surface area (Å²) in [5, 5.41) is 0. The number of rotatable bonds is 7. The normalized spacial score (nSPS) is 23.5. The third-order valence-corrected chi connectivity index (χ3v) is 7.98. The molecule has 33 heavy (non-hydrogen) atoms. The standard InChI is InChI=1S/C28H36N2O3/c1-20-5-10-24(18-29-20)26(31)17-22-8-6-21(7-9-22)11-14-30-15-12-23(13-16-30)25-3-2-4-27-28(25)33-19-32-27/h2-5,10,18,21-23H,6-9,11-17,19H2,1H3. The first-order valence-electron chi connectivity index (χ1n) is 12.7. The Balaban J connectivity index is 1.02. The van der Waals surface area contributed by atoms with Crippen molar-refractivity contribution < 1.29 is 14.3 Å². The van der Waals surface area contributed by atoms with Crippen LogP contribution in [0.3, 0.4) is 0 Å². The second-order valence-corrected chi connectivity index (χ2v) is 10.2. The molecule has 0 radical (unpaired) electrons. The molecule has 0 spiro atoms. The van der Waals surface area contributed by atoms with Gasteiger partial charge in [-0.1, -0.05) is 25.0 Å². The number of para-hydroxylation sites is 1. The maximum Gasteiger partial charge on any atom is 0.231 e. The molecule has 2 aliphatic heterocycles. The summed E-state index contributed by atoms with van der Waals surface area (Å²) in [6, 6.07) is 10.2. The van der Waals surface area contributed by atoms with Crippen LogP contribution in [0, 0.1) is 18.8 Å². The monoisotopic (exact) mass is 448 g/mol. The van der Waals surface area contributed by atoms with E-state index in [2.05, 4.69) is 22.0 Å². The van der Waals surface area contributed by atoms with Crippen LogP contribution in [0.25, 0.3) is 0 Å². The molecule has 0 N–H and O–H groups in total. The van der Waals surface area contributed by atoms with Gasteiger partial charge in [0.25, 0.3) is 0 Å². The van der Waals surface area contributed by atoms with E-state index in [1.807, 2.05) is 25.1 Å². The Morgan fingerprint density at radius 3 is 2.55 bits per heavy atom. The molecule has 0 unspecified atom stereocenters. The first-order valence-corrected chi connectivity index (χ1v) is 12.7. The molecule has 176 valence electrons. The number of aryl methyl sites for hydroxylation is 1. The van der Waals surface area contributed by atoms with Crippen LogP contribution >= 0.6 is 0 Å².